The highest BCUT2D eigenvalue weighted by molar-refractivity contribution is 7.80. The second-order valence-corrected chi connectivity index (χ2v) is 5.39. The topological polar surface area (TPSA) is 0 Å². The van der Waals surface area contributed by atoms with Gasteiger partial charge in [-0.05, 0) is 46.9 Å². The Bertz CT molecular complexity index is 730. The van der Waals surface area contributed by atoms with E-state index in [1.807, 2.05) is 18.2 Å². The number of rotatable bonds is 2. The van der Waals surface area contributed by atoms with Crippen LogP contribution >= 0.6 is 12.6 Å². The maximum atomic E-state index is 4.58. The van der Waals surface area contributed by atoms with Gasteiger partial charge < -0.3 is 0 Å². The van der Waals surface area contributed by atoms with E-state index in [9.17, 15) is 0 Å². The van der Waals surface area contributed by atoms with E-state index >= 15 is 0 Å². The van der Waals surface area contributed by atoms with Gasteiger partial charge in [0, 0.05) is 4.90 Å². The fraction of sp³-hybridized carbons (Fsp3) is 0.0526. The normalized spacial score (nSPS) is 10.5. The van der Waals surface area contributed by atoms with Crippen molar-refractivity contribution in [2.45, 2.75) is 11.8 Å². The van der Waals surface area contributed by atoms with Gasteiger partial charge in [-0.15, -0.1) is 12.6 Å². The van der Waals surface area contributed by atoms with Crippen molar-refractivity contribution in [1.82, 2.24) is 0 Å². The zero-order valence-electron chi connectivity index (χ0n) is 11.4. The summed E-state index contributed by atoms with van der Waals surface area (Å²) < 4.78 is 0. The third-order valence-corrected chi connectivity index (χ3v) is 3.93. The van der Waals surface area contributed by atoms with E-state index in [2.05, 4.69) is 74.1 Å². The van der Waals surface area contributed by atoms with Crippen LogP contribution in [0.15, 0.2) is 77.7 Å². The lowest BCUT2D eigenvalue weighted by atomic mass is 9.95. The molecule has 0 amide bonds. The van der Waals surface area contributed by atoms with Gasteiger partial charge in [0.2, 0.25) is 0 Å². The van der Waals surface area contributed by atoms with Crippen molar-refractivity contribution >= 4 is 12.6 Å². The second kappa shape index (κ2) is 5.56. The van der Waals surface area contributed by atoms with Gasteiger partial charge in [-0.3, -0.25) is 0 Å². The Morgan fingerprint density at radius 2 is 1.35 bits per heavy atom. The molecule has 0 aliphatic carbocycles. The SMILES string of the molecule is Cc1ccc(-c2ccccc2)cc1-c1ccccc1S. The summed E-state index contributed by atoms with van der Waals surface area (Å²) in [6, 6.07) is 25.3. The molecule has 0 unspecified atom stereocenters. The van der Waals surface area contributed by atoms with Gasteiger partial charge in [0.25, 0.3) is 0 Å². The van der Waals surface area contributed by atoms with Crippen LogP contribution in [0.4, 0.5) is 0 Å². The van der Waals surface area contributed by atoms with Gasteiger partial charge in [0.05, 0.1) is 0 Å². The molecule has 98 valence electrons. The first-order valence-corrected chi connectivity index (χ1v) is 7.15. The van der Waals surface area contributed by atoms with Gasteiger partial charge in [0.1, 0.15) is 0 Å². The third kappa shape index (κ3) is 2.50. The van der Waals surface area contributed by atoms with E-state index in [4.69, 9.17) is 0 Å². The predicted octanol–water partition coefficient (Wildman–Crippen LogP) is 5.62. The summed E-state index contributed by atoms with van der Waals surface area (Å²) in [5.41, 5.74) is 6.18. The molecule has 0 radical (unpaired) electrons. The molecule has 0 aromatic heterocycles. The Balaban J connectivity index is 2.15. The first kappa shape index (κ1) is 13.0. The molecule has 0 spiro atoms. The average molecular weight is 276 g/mol. The molecule has 0 aliphatic heterocycles. The molecule has 20 heavy (non-hydrogen) atoms. The Hall–Kier alpha value is -1.99. The summed E-state index contributed by atoms with van der Waals surface area (Å²) in [5.74, 6) is 0. The third-order valence-electron chi connectivity index (χ3n) is 3.54. The van der Waals surface area contributed by atoms with Crippen molar-refractivity contribution in [2.75, 3.05) is 0 Å². The van der Waals surface area contributed by atoms with E-state index in [1.165, 1.54) is 27.8 Å². The quantitative estimate of drug-likeness (QED) is 0.577. The fourth-order valence-corrected chi connectivity index (χ4v) is 2.70. The highest BCUT2D eigenvalue weighted by Gasteiger charge is 2.07. The second-order valence-electron chi connectivity index (χ2n) is 4.91. The van der Waals surface area contributed by atoms with Crippen LogP contribution in [0.1, 0.15) is 5.56 Å². The maximum absolute atomic E-state index is 4.58. The Morgan fingerprint density at radius 3 is 2.10 bits per heavy atom. The van der Waals surface area contributed by atoms with Crippen molar-refractivity contribution < 1.29 is 0 Å². The summed E-state index contributed by atoms with van der Waals surface area (Å²) in [7, 11) is 0. The average Bonchev–Trinajstić information content (AvgIpc) is 2.49. The molecule has 0 fully saturated rings. The number of thiol groups is 1. The maximum Gasteiger partial charge on any atom is 0.0119 e. The van der Waals surface area contributed by atoms with Gasteiger partial charge in [0.15, 0.2) is 0 Å². The minimum atomic E-state index is 1.01. The smallest absolute Gasteiger partial charge is 0.0119 e. The summed E-state index contributed by atoms with van der Waals surface area (Å²) in [6.45, 7) is 2.14. The molecule has 3 rings (SSSR count). The van der Waals surface area contributed by atoms with Crippen LogP contribution in [0, 0.1) is 6.92 Å². The highest BCUT2D eigenvalue weighted by Crippen LogP contribution is 2.32. The van der Waals surface area contributed by atoms with Crippen LogP contribution in [0.2, 0.25) is 0 Å². The van der Waals surface area contributed by atoms with Crippen LogP contribution in [0.3, 0.4) is 0 Å². The summed E-state index contributed by atoms with van der Waals surface area (Å²) in [5, 5.41) is 0. The number of hydrogen-bond acceptors (Lipinski definition) is 1. The van der Waals surface area contributed by atoms with Crippen molar-refractivity contribution in [3.8, 4) is 22.3 Å². The van der Waals surface area contributed by atoms with Gasteiger partial charge in [-0.2, -0.15) is 0 Å². The van der Waals surface area contributed by atoms with Gasteiger partial charge in [-0.25, -0.2) is 0 Å². The van der Waals surface area contributed by atoms with E-state index < -0.39 is 0 Å². The van der Waals surface area contributed by atoms with E-state index in [1.54, 1.807) is 0 Å². The number of benzene rings is 3. The molecule has 0 N–H and O–H groups in total. The molecule has 0 heterocycles. The molecule has 0 nitrogen and oxygen atoms in total. The standard InChI is InChI=1S/C19H16S/c1-14-11-12-16(15-7-3-2-4-8-15)13-18(14)17-9-5-6-10-19(17)20/h2-13,20H,1H3. The van der Waals surface area contributed by atoms with E-state index in [0.717, 1.165) is 4.90 Å². The summed E-state index contributed by atoms with van der Waals surface area (Å²) in [6.07, 6.45) is 0. The zero-order chi connectivity index (χ0) is 13.9. The van der Waals surface area contributed by atoms with Crippen LogP contribution in [0.5, 0.6) is 0 Å². The summed E-state index contributed by atoms with van der Waals surface area (Å²) in [4.78, 5) is 1.01. The lowest BCUT2D eigenvalue weighted by molar-refractivity contribution is 1.40. The number of hydrogen-bond donors (Lipinski definition) is 1. The Labute approximate surface area is 125 Å². The Morgan fingerprint density at radius 1 is 0.650 bits per heavy atom. The molecule has 0 atom stereocenters. The zero-order valence-corrected chi connectivity index (χ0v) is 12.3. The highest BCUT2D eigenvalue weighted by atomic mass is 32.1. The van der Waals surface area contributed by atoms with Crippen LogP contribution in [-0.2, 0) is 0 Å². The first-order chi connectivity index (χ1) is 9.75. The lowest BCUT2D eigenvalue weighted by Crippen LogP contribution is -1.87. The number of aryl methyl sites for hydroxylation is 1. The first-order valence-electron chi connectivity index (χ1n) is 6.70. The molecular formula is C19H16S. The van der Waals surface area contributed by atoms with Crippen LogP contribution < -0.4 is 0 Å². The molecule has 0 saturated carbocycles. The van der Waals surface area contributed by atoms with Crippen LogP contribution in [-0.4, -0.2) is 0 Å². The molecule has 3 aromatic rings. The van der Waals surface area contributed by atoms with Crippen molar-refractivity contribution in [2.24, 2.45) is 0 Å². The summed E-state index contributed by atoms with van der Waals surface area (Å²) >= 11 is 4.58. The molecule has 0 aliphatic rings. The van der Waals surface area contributed by atoms with E-state index in [0.29, 0.717) is 0 Å². The van der Waals surface area contributed by atoms with E-state index in [-0.39, 0.29) is 0 Å². The lowest BCUT2D eigenvalue weighted by Gasteiger charge is -2.11. The van der Waals surface area contributed by atoms with Gasteiger partial charge >= 0.3 is 0 Å². The Kier molecular flexibility index (Phi) is 3.62. The molecular weight excluding hydrogens is 260 g/mol. The van der Waals surface area contributed by atoms with Crippen LogP contribution in [0.25, 0.3) is 22.3 Å². The van der Waals surface area contributed by atoms with Crippen molar-refractivity contribution in [3.63, 3.8) is 0 Å². The van der Waals surface area contributed by atoms with Crippen molar-refractivity contribution in [3.05, 3.63) is 78.4 Å². The largest absolute Gasteiger partial charge is 0.143 e. The molecule has 0 saturated heterocycles. The fourth-order valence-electron chi connectivity index (χ4n) is 2.42. The van der Waals surface area contributed by atoms with Gasteiger partial charge in [-0.1, -0.05) is 60.7 Å². The van der Waals surface area contributed by atoms with Crippen molar-refractivity contribution in [1.29, 1.82) is 0 Å². The molecule has 0 bridgehead atoms. The molecule has 3 aromatic carbocycles. The predicted molar refractivity (Wildman–Crippen MR) is 89.3 cm³/mol. The molecule has 1 heteroatoms. The minimum absolute atomic E-state index is 1.01. The monoisotopic (exact) mass is 276 g/mol. The minimum Gasteiger partial charge on any atom is -0.143 e.